The maximum atomic E-state index is 10.9. The van der Waals surface area contributed by atoms with E-state index >= 15 is 0 Å². The average Bonchev–Trinajstić information content (AvgIpc) is 2.58. The second-order valence-corrected chi connectivity index (χ2v) is 6.91. The molecule has 0 saturated carbocycles. The van der Waals surface area contributed by atoms with Crippen molar-refractivity contribution in [1.29, 1.82) is 0 Å². The Morgan fingerprint density at radius 2 is 1.61 bits per heavy atom. The molecular weight excluding hydrogens is 306 g/mol. The fourth-order valence-electron chi connectivity index (χ4n) is 3.35. The van der Waals surface area contributed by atoms with Crippen molar-refractivity contribution < 1.29 is 5.11 Å². The van der Waals surface area contributed by atoms with Crippen molar-refractivity contribution in [3.63, 3.8) is 0 Å². The van der Waals surface area contributed by atoms with Crippen LogP contribution in [-0.4, -0.2) is 29.6 Å². The zero-order chi connectivity index (χ0) is 16.1. The van der Waals surface area contributed by atoms with Crippen molar-refractivity contribution in [2.24, 2.45) is 0 Å². The van der Waals surface area contributed by atoms with Gasteiger partial charge in [0.05, 0.1) is 5.60 Å². The van der Waals surface area contributed by atoms with Crippen LogP contribution in [0, 0.1) is 0 Å². The molecule has 23 heavy (non-hydrogen) atoms. The second-order valence-electron chi connectivity index (χ2n) is 6.47. The number of nitrogens with zero attached hydrogens (tertiary/aromatic N) is 1. The highest BCUT2D eigenvalue weighted by molar-refractivity contribution is 6.30. The Kier molecular flexibility index (Phi) is 5.37. The van der Waals surface area contributed by atoms with Crippen LogP contribution in [-0.2, 0) is 12.0 Å². The summed E-state index contributed by atoms with van der Waals surface area (Å²) in [6, 6.07) is 18.3. The van der Waals surface area contributed by atoms with E-state index in [9.17, 15) is 5.11 Å². The molecule has 1 saturated heterocycles. The van der Waals surface area contributed by atoms with Crippen molar-refractivity contribution in [1.82, 2.24) is 4.90 Å². The van der Waals surface area contributed by atoms with Crippen LogP contribution >= 0.6 is 11.6 Å². The first-order chi connectivity index (χ1) is 11.2. The van der Waals surface area contributed by atoms with Gasteiger partial charge < -0.3 is 10.0 Å². The average molecular weight is 330 g/mol. The van der Waals surface area contributed by atoms with Crippen LogP contribution in [0.3, 0.4) is 0 Å². The van der Waals surface area contributed by atoms with Gasteiger partial charge in [0.1, 0.15) is 0 Å². The maximum Gasteiger partial charge on any atom is 0.0920 e. The Balaban J connectivity index is 1.47. The van der Waals surface area contributed by atoms with Gasteiger partial charge in [0, 0.05) is 18.1 Å². The number of benzene rings is 2. The van der Waals surface area contributed by atoms with Gasteiger partial charge in [-0.1, -0.05) is 54.1 Å². The van der Waals surface area contributed by atoms with Crippen LogP contribution in [0.15, 0.2) is 54.6 Å². The van der Waals surface area contributed by atoms with Crippen LogP contribution in [0.2, 0.25) is 5.02 Å². The summed E-state index contributed by atoms with van der Waals surface area (Å²) in [5.41, 5.74) is 1.70. The first kappa shape index (κ1) is 16.5. The van der Waals surface area contributed by atoms with Gasteiger partial charge in [0.15, 0.2) is 0 Å². The second kappa shape index (κ2) is 7.48. The lowest BCUT2D eigenvalue weighted by atomic mass is 9.84. The predicted molar refractivity (Wildman–Crippen MR) is 95.8 cm³/mol. The van der Waals surface area contributed by atoms with Crippen molar-refractivity contribution in [2.45, 2.75) is 31.3 Å². The third kappa shape index (κ3) is 4.35. The summed E-state index contributed by atoms with van der Waals surface area (Å²) in [5.74, 6) is 0. The molecule has 2 aromatic rings. The maximum absolute atomic E-state index is 10.9. The molecule has 2 nitrogen and oxygen atoms in total. The molecular formula is C20H24ClNO. The molecule has 0 aromatic heterocycles. The van der Waals surface area contributed by atoms with Gasteiger partial charge in [-0.3, -0.25) is 0 Å². The minimum Gasteiger partial charge on any atom is -0.385 e. The first-order valence-electron chi connectivity index (χ1n) is 8.40. The lowest BCUT2D eigenvalue weighted by molar-refractivity contribution is -0.0259. The van der Waals surface area contributed by atoms with E-state index in [0.29, 0.717) is 0 Å². The fourth-order valence-corrected chi connectivity index (χ4v) is 3.47. The van der Waals surface area contributed by atoms with E-state index in [4.69, 9.17) is 11.6 Å². The lowest BCUT2D eigenvalue weighted by Gasteiger charge is -2.38. The highest BCUT2D eigenvalue weighted by atomic mass is 35.5. The molecule has 2 aromatic carbocycles. The molecule has 0 aliphatic carbocycles. The Labute approximate surface area is 143 Å². The third-order valence-corrected chi connectivity index (χ3v) is 5.10. The van der Waals surface area contributed by atoms with E-state index in [0.717, 1.165) is 49.5 Å². The summed E-state index contributed by atoms with van der Waals surface area (Å²) in [7, 11) is 0. The van der Waals surface area contributed by atoms with E-state index in [1.54, 1.807) is 0 Å². The molecule has 0 radical (unpaired) electrons. The number of likely N-dealkylation sites (tertiary alicyclic amines) is 1. The van der Waals surface area contributed by atoms with Crippen LogP contribution < -0.4 is 0 Å². The molecule has 3 rings (SSSR count). The van der Waals surface area contributed by atoms with Gasteiger partial charge in [0.25, 0.3) is 0 Å². The SMILES string of the molecule is OC1(c2ccc(Cl)cc2)CCN(CCCc2ccccc2)CC1. The third-order valence-electron chi connectivity index (χ3n) is 4.85. The largest absolute Gasteiger partial charge is 0.385 e. The molecule has 1 aliphatic rings. The summed E-state index contributed by atoms with van der Waals surface area (Å²) in [4.78, 5) is 2.47. The van der Waals surface area contributed by atoms with Crippen molar-refractivity contribution in [3.8, 4) is 0 Å². The van der Waals surface area contributed by atoms with Crippen LogP contribution in [0.4, 0.5) is 0 Å². The molecule has 3 heteroatoms. The number of halogens is 1. The zero-order valence-electron chi connectivity index (χ0n) is 13.4. The quantitative estimate of drug-likeness (QED) is 0.886. The molecule has 1 fully saturated rings. The van der Waals surface area contributed by atoms with E-state index in [2.05, 4.69) is 35.2 Å². The monoisotopic (exact) mass is 329 g/mol. The standard InChI is InChI=1S/C20H24ClNO/c21-19-10-8-18(9-11-19)20(23)12-15-22(16-13-20)14-4-7-17-5-2-1-3-6-17/h1-3,5-6,8-11,23H,4,7,12-16H2. The van der Waals surface area contributed by atoms with Gasteiger partial charge in [-0.25, -0.2) is 0 Å². The Morgan fingerprint density at radius 1 is 0.957 bits per heavy atom. The van der Waals surface area contributed by atoms with Crippen LogP contribution in [0.25, 0.3) is 0 Å². The Bertz CT molecular complexity index is 603. The number of rotatable bonds is 5. The number of piperidine rings is 1. The Morgan fingerprint density at radius 3 is 2.26 bits per heavy atom. The molecule has 0 unspecified atom stereocenters. The highest BCUT2D eigenvalue weighted by Gasteiger charge is 2.33. The summed E-state index contributed by atoms with van der Waals surface area (Å²) in [6.07, 6.45) is 3.88. The van der Waals surface area contributed by atoms with Crippen LogP contribution in [0.1, 0.15) is 30.4 Å². The smallest absolute Gasteiger partial charge is 0.0920 e. The minimum atomic E-state index is -0.694. The van der Waals surface area contributed by atoms with Gasteiger partial charge in [-0.15, -0.1) is 0 Å². The van der Waals surface area contributed by atoms with E-state index in [1.165, 1.54) is 12.0 Å². The highest BCUT2D eigenvalue weighted by Crippen LogP contribution is 2.33. The molecule has 1 aliphatic heterocycles. The molecule has 1 heterocycles. The predicted octanol–water partition coefficient (Wildman–Crippen LogP) is 4.26. The molecule has 0 bridgehead atoms. The summed E-state index contributed by atoms with van der Waals surface area (Å²) in [6.45, 7) is 3.01. The van der Waals surface area contributed by atoms with E-state index in [-0.39, 0.29) is 0 Å². The van der Waals surface area contributed by atoms with E-state index in [1.807, 2.05) is 24.3 Å². The number of aryl methyl sites for hydroxylation is 1. The van der Waals surface area contributed by atoms with Crippen molar-refractivity contribution in [2.75, 3.05) is 19.6 Å². The zero-order valence-corrected chi connectivity index (χ0v) is 14.2. The van der Waals surface area contributed by atoms with Crippen LogP contribution in [0.5, 0.6) is 0 Å². The molecule has 1 N–H and O–H groups in total. The summed E-state index contributed by atoms with van der Waals surface area (Å²) in [5, 5.41) is 11.6. The van der Waals surface area contributed by atoms with Crippen molar-refractivity contribution >= 4 is 11.6 Å². The normalized spacial score (nSPS) is 18.0. The van der Waals surface area contributed by atoms with Gasteiger partial charge >= 0.3 is 0 Å². The minimum absolute atomic E-state index is 0.694. The summed E-state index contributed by atoms with van der Waals surface area (Å²) >= 11 is 5.94. The van der Waals surface area contributed by atoms with Gasteiger partial charge in [-0.05, 0) is 55.5 Å². The lowest BCUT2D eigenvalue weighted by Crippen LogP contribution is -2.42. The molecule has 122 valence electrons. The first-order valence-corrected chi connectivity index (χ1v) is 8.78. The van der Waals surface area contributed by atoms with Crippen molar-refractivity contribution in [3.05, 3.63) is 70.7 Å². The van der Waals surface area contributed by atoms with Gasteiger partial charge in [0.2, 0.25) is 0 Å². The number of hydrogen-bond acceptors (Lipinski definition) is 2. The molecule has 0 amide bonds. The molecule has 0 atom stereocenters. The summed E-state index contributed by atoms with van der Waals surface area (Å²) < 4.78 is 0. The Hall–Kier alpha value is -1.35. The van der Waals surface area contributed by atoms with Gasteiger partial charge in [-0.2, -0.15) is 0 Å². The molecule has 0 spiro atoms. The topological polar surface area (TPSA) is 23.5 Å². The number of aliphatic hydroxyl groups is 1. The van der Waals surface area contributed by atoms with E-state index < -0.39 is 5.60 Å². The number of hydrogen-bond donors (Lipinski definition) is 1. The fraction of sp³-hybridized carbons (Fsp3) is 0.400.